The van der Waals surface area contributed by atoms with Crippen molar-refractivity contribution in [2.24, 2.45) is 0 Å². The topological polar surface area (TPSA) is 41.6 Å². The molecule has 1 unspecified atom stereocenters. The molecule has 0 aliphatic rings. The van der Waals surface area contributed by atoms with E-state index in [2.05, 4.69) is 11.1 Å². The summed E-state index contributed by atoms with van der Waals surface area (Å²) in [6, 6.07) is 2.16. The third kappa shape index (κ3) is 1.40. The van der Waals surface area contributed by atoms with Crippen molar-refractivity contribution in [3.05, 3.63) is 18.2 Å². The van der Waals surface area contributed by atoms with Crippen LogP contribution in [0.4, 0.5) is 0 Å². The number of hydrogen-bond donors (Lipinski definition) is 0. The monoisotopic (exact) mass is 149 g/mol. The van der Waals surface area contributed by atoms with E-state index in [4.69, 9.17) is 5.26 Å². The molecule has 3 heteroatoms. The number of rotatable bonds is 2. The molecule has 0 aliphatic heterocycles. The maximum atomic E-state index is 8.72. The number of nitriles is 1. The predicted octanol–water partition coefficient (Wildman–Crippen LogP) is 1.67. The second-order valence-electron chi connectivity index (χ2n) is 2.43. The lowest BCUT2D eigenvalue weighted by atomic mass is 10.2. The molecule has 1 atom stereocenters. The highest BCUT2D eigenvalue weighted by Gasteiger charge is 2.07. The minimum Gasteiger partial charge on any atom is -0.319 e. The number of aromatic nitrogens is 2. The van der Waals surface area contributed by atoms with Crippen LogP contribution in [0.1, 0.15) is 25.2 Å². The van der Waals surface area contributed by atoms with Gasteiger partial charge < -0.3 is 4.57 Å². The molecule has 0 amide bonds. The van der Waals surface area contributed by atoms with Crippen LogP contribution in [0.2, 0.25) is 0 Å². The zero-order valence-corrected chi connectivity index (χ0v) is 6.78. The van der Waals surface area contributed by atoms with E-state index in [1.165, 1.54) is 0 Å². The van der Waals surface area contributed by atoms with Crippen LogP contribution in [0.3, 0.4) is 0 Å². The first-order valence-electron chi connectivity index (χ1n) is 3.68. The summed E-state index contributed by atoms with van der Waals surface area (Å²) in [5.74, 6) is 0.901. The van der Waals surface area contributed by atoms with E-state index in [-0.39, 0.29) is 6.04 Å². The van der Waals surface area contributed by atoms with Gasteiger partial charge >= 0.3 is 0 Å². The Morgan fingerprint density at radius 2 is 2.55 bits per heavy atom. The van der Waals surface area contributed by atoms with Crippen LogP contribution in [-0.4, -0.2) is 9.55 Å². The van der Waals surface area contributed by atoms with Crippen molar-refractivity contribution in [3.8, 4) is 6.07 Å². The Hall–Kier alpha value is -1.30. The van der Waals surface area contributed by atoms with Crippen molar-refractivity contribution in [2.45, 2.75) is 26.3 Å². The van der Waals surface area contributed by atoms with Crippen LogP contribution in [0.25, 0.3) is 0 Å². The van der Waals surface area contributed by atoms with Gasteiger partial charge in [-0.25, -0.2) is 4.98 Å². The van der Waals surface area contributed by atoms with Gasteiger partial charge in [0.25, 0.3) is 0 Å². The van der Waals surface area contributed by atoms with Gasteiger partial charge in [0.05, 0.1) is 6.07 Å². The molecule has 58 valence electrons. The van der Waals surface area contributed by atoms with Gasteiger partial charge in [0.15, 0.2) is 0 Å². The van der Waals surface area contributed by atoms with Gasteiger partial charge in [-0.1, -0.05) is 6.92 Å². The van der Waals surface area contributed by atoms with E-state index >= 15 is 0 Å². The third-order valence-corrected chi connectivity index (χ3v) is 1.73. The fourth-order valence-corrected chi connectivity index (χ4v) is 1.07. The lowest BCUT2D eigenvalue weighted by Gasteiger charge is -2.08. The van der Waals surface area contributed by atoms with Gasteiger partial charge in [-0.3, -0.25) is 0 Å². The highest BCUT2D eigenvalue weighted by Crippen LogP contribution is 2.11. The molecular weight excluding hydrogens is 138 g/mol. The molecule has 1 aromatic rings. The smallest absolute Gasteiger partial charge is 0.121 e. The molecule has 1 rings (SSSR count). The van der Waals surface area contributed by atoms with E-state index in [1.54, 1.807) is 6.20 Å². The predicted molar refractivity (Wildman–Crippen MR) is 41.9 cm³/mol. The largest absolute Gasteiger partial charge is 0.319 e. The Labute approximate surface area is 66.3 Å². The first-order valence-corrected chi connectivity index (χ1v) is 3.68. The first-order chi connectivity index (χ1) is 5.29. The lowest BCUT2D eigenvalue weighted by molar-refractivity contribution is 0.581. The lowest BCUT2D eigenvalue weighted by Crippen LogP contribution is -2.05. The SMILES string of the molecule is CCC(C#N)n1ccnc1C. The minimum absolute atomic E-state index is 0.0579. The molecule has 0 aliphatic carbocycles. The van der Waals surface area contributed by atoms with Gasteiger partial charge in [0, 0.05) is 12.4 Å². The average molecular weight is 149 g/mol. The Morgan fingerprint density at radius 1 is 1.82 bits per heavy atom. The quantitative estimate of drug-likeness (QED) is 0.641. The Bertz CT molecular complexity index is 269. The van der Waals surface area contributed by atoms with Crippen LogP contribution < -0.4 is 0 Å². The zero-order valence-electron chi connectivity index (χ0n) is 6.78. The molecule has 0 N–H and O–H groups in total. The van der Waals surface area contributed by atoms with E-state index in [0.29, 0.717) is 0 Å². The third-order valence-electron chi connectivity index (χ3n) is 1.73. The van der Waals surface area contributed by atoms with E-state index in [0.717, 1.165) is 12.2 Å². The Balaban J connectivity index is 2.92. The summed E-state index contributed by atoms with van der Waals surface area (Å²) in [6.45, 7) is 3.90. The van der Waals surface area contributed by atoms with Gasteiger partial charge in [-0.15, -0.1) is 0 Å². The van der Waals surface area contributed by atoms with Crippen molar-refractivity contribution >= 4 is 0 Å². The molecule has 0 spiro atoms. The standard InChI is InChI=1S/C8H11N3/c1-3-8(6-9)11-5-4-10-7(11)2/h4-5,8H,3H2,1-2H3. The summed E-state index contributed by atoms with van der Waals surface area (Å²) in [6.07, 6.45) is 4.38. The van der Waals surface area contributed by atoms with Crippen LogP contribution in [0, 0.1) is 18.3 Å². The highest BCUT2D eigenvalue weighted by atomic mass is 15.1. The zero-order chi connectivity index (χ0) is 8.27. The molecule has 0 aromatic carbocycles. The van der Waals surface area contributed by atoms with Crippen LogP contribution in [-0.2, 0) is 0 Å². The average Bonchev–Trinajstić information content (AvgIpc) is 2.40. The van der Waals surface area contributed by atoms with Crippen LogP contribution in [0.15, 0.2) is 12.4 Å². The van der Waals surface area contributed by atoms with Gasteiger partial charge in [-0.2, -0.15) is 5.26 Å². The highest BCUT2D eigenvalue weighted by molar-refractivity contribution is 4.98. The molecule has 0 bridgehead atoms. The molecule has 0 saturated carbocycles. The Morgan fingerprint density at radius 3 is 2.91 bits per heavy atom. The molecule has 1 aromatic heterocycles. The first kappa shape index (κ1) is 7.80. The maximum absolute atomic E-state index is 8.72. The second-order valence-corrected chi connectivity index (χ2v) is 2.43. The van der Waals surface area contributed by atoms with Gasteiger partial charge in [0.1, 0.15) is 11.9 Å². The fraction of sp³-hybridized carbons (Fsp3) is 0.500. The molecule has 1 heterocycles. The molecule has 0 fully saturated rings. The summed E-state index contributed by atoms with van der Waals surface area (Å²) >= 11 is 0. The fourth-order valence-electron chi connectivity index (χ4n) is 1.07. The van der Waals surface area contributed by atoms with Crippen molar-refractivity contribution in [2.75, 3.05) is 0 Å². The molecule has 3 nitrogen and oxygen atoms in total. The molecule has 0 radical (unpaired) electrons. The van der Waals surface area contributed by atoms with E-state index in [9.17, 15) is 0 Å². The normalized spacial score (nSPS) is 12.5. The summed E-state index contributed by atoms with van der Waals surface area (Å²) in [5.41, 5.74) is 0. The maximum Gasteiger partial charge on any atom is 0.121 e. The van der Waals surface area contributed by atoms with Gasteiger partial charge in [-0.05, 0) is 13.3 Å². The van der Waals surface area contributed by atoms with E-state index in [1.807, 2.05) is 24.6 Å². The van der Waals surface area contributed by atoms with Crippen molar-refractivity contribution in [1.29, 1.82) is 5.26 Å². The van der Waals surface area contributed by atoms with Crippen molar-refractivity contribution in [1.82, 2.24) is 9.55 Å². The number of aryl methyl sites for hydroxylation is 1. The summed E-state index contributed by atoms with van der Waals surface area (Å²) in [4.78, 5) is 4.05. The van der Waals surface area contributed by atoms with Crippen molar-refractivity contribution < 1.29 is 0 Å². The van der Waals surface area contributed by atoms with Crippen LogP contribution in [0.5, 0.6) is 0 Å². The Kier molecular flexibility index (Phi) is 2.27. The second kappa shape index (κ2) is 3.20. The minimum atomic E-state index is -0.0579. The molecule has 0 saturated heterocycles. The molecule has 11 heavy (non-hydrogen) atoms. The number of hydrogen-bond acceptors (Lipinski definition) is 2. The number of nitrogens with zero attached hydrogens (tertiary/aromatic N) is 3. The van der Waals surface area contributed by atoms with Crippen LogP contribution >= 0.6 is 0 Å². The number of imidazole rings is 1. The summed E-state index contributed by atoms with van der Waals surface area (Å²) in [5, 5.41) is 8.72. The van der Waals surface area contributed by atoms with E-state index < -0.39 is 0 Å². The van der Waals surface area contributed by atoms with Crippen molar-refractivity contribution in [3.63, 3.8) is 0 Å². The summed E-state index contributed by atoms with van der Waals surface area (Å²) < 4.78 is 1.89. The van der Waals surface area contributed by atoms with Gasteiger partial charge in [0.2, 0.25) is 0 Å². The summed E-state index contributed by atoms with van der Waals surface area (Å²) in [7, 11) is 0. The molecular formula is C8H11N3.